The van der Waals surface area contributed by atoms with E-state index in [1.807, 2.05) is 0 Å². The summed E-state index contributed by atoms with van der Waals surface area (Å²) in [7, 11) is 0. The van der Waals surface area contributed by atoms with Crippen molar-refractivity contribution in [3.8, 4) is 0 Å². The van der Waals surface area contributed by atoms with E-state index in [4.69, 9.17) is 28.7 Å². The van der Waals surface area contributed by atoms with Crippen LogP contribution in [0.25, 0.3) is 10.4 Å². The van der Waals surface area contributed by atoms with E-state index in [9.17, 15) is 4.79 Å². The molecule has 1 atom stereocenters. The number of hydrogen-bond acceptors (Lipinski definition) is 4. The molecule has 0 aliphatic carbocycles. The van der Waals surface area contributed by atoms with Crippen molar-refractivity contribution in [2.75, 3.05) is 18.0 Å². The molecular weight excluding hydrogens is 279 g/mol. The van der Waals surface area contributed by atoms with Crippen molar-refractivity contribution in [1.82, 2.24) is 10.2 Å². The molecule has 0 N–H and O–H groups in total. The molecule has 2 heterocycles. The fraction of sp³-hybridized carbons (Fsp3) is 0.444. The van der Waals surface area contributed by atoms with Crippen LogP contribution in [0.4, 0.5) is 5.69 Å². The summed E-state index contributed by atoms with van der Waals surface area (Å²) < 4.78 is 0. The van der Waals surface area contributed by atoms with Crippen molar-refractivity contribution in [2.24, 2.45) is 11.0 Å². The van der Waals surface area contributed by atoms with Gasteiger partial charge in [-0.05, 0) is 11.4 Å². The number of halogens is 2. The van der Waals surface area contributed by atoms with Crippen molar-refractivity contribution >= 4 is 34.8 Å². The Kier molecular flexibility index (Phi) is 3.86. The van der Waals surface area contributed by atoms with E-state index in [0.29, 0.717) is 18.7 Å². The molecule has 1 saturated heterocycles. The Labute approximate surface area is 112 Å². The van der Waals surface area contributed by atoms with Crippen LogP contribution in [0.1, 0.15) is 6.42 Å². The second-order valence-corrected chi connectivity index (χ2v) is 4.58. The van der Waals surface area contributed by atoms with E-state index >= 15 is 0 Å². The number of hydrogen-bond donors (Lipinski definition) is 0. The molecule has 1 amide bonds. The van der Waals surface area contributed by atoms with Crippen molar-refractivity contribution < 1.29 is 4.79 Å². The molecule has 1 aromatic heterocycles. The van der Waals surface area contributed by atoms with Crippen LogP contribution in [0.3, 0.4) is 0 Å². The van der Waals surface area contributed by atoms with E-state index in [1.165, 1.54) is 11.0 Å². The average Bonchev–Trinajstić information content (AvgIpc) is 2.71. The van der Waals surface area contributed by atoms with E-state index in [2.05, 4.69) is 20.2 Å². The third kappa shape index (κ3) is 2.64. The molecule has 7 nitrogen and oxygen atoms in total. The van der Waals surface area contributed by atoms with Crippen molar-refractivity contribution in [1.29, 1.82) is 0 Å². The van der Waals surface area contributed by atoms with Crippen LogP contribution in [0, 0.1) is 5.92 Å². The first-order valence-corrected chi connectivity index (χ1v) is 5.87. The molecule has 18 heavy (non-hydrogen) atoms. The van der Waals surface area contributed by atoms with Gasteiger partial charge >= 0.3 is 0 Å². The summed E-state index contributed by atoms with van der Waals surface area (Å²) in [6.45, 7) is 0.711. The number of aromatic nitrogens is 2. The summed E-state index contributed by atoms with van der Waals surface area (Å²) in [5.41, 5.74) is 8.69. The normalized spacial score (nSPS) is 18.9. The van der Waals surface area contributed by atoms with Gasteiger partial charge < -0.3 is 4.90 Å². The molecule has 1 aliphatic heterocycles. The van der Waals surface area contributed by atoms with Gasteiger partial charge in [-0.25, -0.2) is 0 Å². The van der Waals surface area contributed by atoms with Gasteiger partial charge in [-0.2, -0.15) is 0 Å². The Bertz CT molecular complexity index is 530. The summed E-state index contributed by atoms with van der Waals surface area (Å²) in [5.74, 6) is -0.115. The Morgan fingerprint density at radius 2 is 2.33 bits per heavy atom. The smallest absolute Gasteiger partial charge is 0.227 e. The SMILES string of the molecule is [N-]=[N+]=NCC1CC(=O)N(c2cc(Cl)nnc2Cl)C1. The monoisotopic (exact) mass is 286 g/mol. The van der Waals surface area contributed by atoms with Gasteiger partial charge in [0.15, 0.2) is 10.3 Å². The minimum Gasteiger partial charge on any atom is -0.309 e. The number of rotatable bonds is 3. The van der Waals surface area contributed by atoms with Gasteiger partial charge in [0.25, 0.3) is 0 Å². The predicted molar refractivity (Wildman–Crippen MR) is 66.5 cm³/mol. The summed E-state index contributed by atoms with van der Waals surface area (Å²) >= 11 is 11.6. The number of carbonyl (C=O) groups is 1. The van der Waals surface area contributed by atoms with Crippen LogP contribution in [-0.4, -0.2) is 29.2 Å². The largest absolute Gasteiger partial charge is 0.309 e. The fourth-order valence-electron chi connectivity index (χ4n) is 1.82. The molecule has 1 aliphatic rings. The summed E-state index contributed by atoms with van der Waals surface area (Å²) in [4.78, 5) is 16.0. The van der Waals surface area contributed by atoms with Gasteiger partial charge in [-0.15, -0.1) is 10.2 Å². The molecule has 9 heteroatoms. The maximum absolute atomic E-state index is 11.9. The van der Waals surface area contributed by atoms with Crippen molar-refractivity contribution in [2.45, 2.75) is 6.42 Å². The minimum absolute atomic E-state index is 0.0172. The van der Waals surface area contributed by atoms with E-state index in [0.717, 1.165) is 0 Å². The lowest BCUT2D eigenvalue weighted by atomic mass is 10.1. The molecule has 2 rings (SSSR count). The maximum atomic E-state index is 11.9. The molecule has 1 aromatic rings. The van der Waals surface area contributed by atoms with Gasteiger partial charge in [-0.3, -0.25) is 4.79 Å². The van der Waals surface area contributed by atoms with E-state index in [1.54, 1.807) is 0 Å². The summed E-state index contributed by atoms with van der Waals surface area (Å²) in [6.07, 6.45) is 0.315. The second kappa shape index (κ2) is 5.39. The summed E-state index contributed by atoms with van der Waals surface area (Å²) in [5, 5.41) is 11.0. The first kappa shape index (κ1) is 12.9. The van der Waals surface area contributed by atoms with Crippen molar-refractivity contribution in [3.05, 3.63) is 26.8 Å². The first-order chi connectivity index (χ1) is 8.61. The van der Waals surface area contributed by atoms with Crippen LogP contribution in [0.5, 0.6) is 0 Å². The van der Waals surface area contributed by atoms with Crippen LogP contribution in [0.2, 0.25) is 10.3 Å². The van der Waals surface area contributed by atoms with Crippen LogP contribution >= 0.6 is 23.2 Å². The molecule has 0 spiro atoms. The Morgan fingerprint density at radius 3 is 3.06 bits per heavy atom. The molecule has 1 unspecified atom stereocenters. The zero-order valence-corrected chi connectivity index (χ0v) is 10.6. The lowest BCUT2D eigenvalue weighted by molar-refractivity contribution is -0.117. The average molecular weight is 287 g/mol. The Balaban J connectivity index is 2.21. The van der Waals surface area contributed by atoms with Gasteiger partial charge in [0, 0.05) is 30.5 Å². The van der Waals surface area contributed by atoms with E-state index in [-0.39, 0.29) is 28.7 Å². The van der Waals surface area contributed by atoms with Gasteiger partial charge in [-0.1, -0.05) is 28.3 Å². The topological polar surface area (TPSA) is 94.9 Å². The van der Waals surface area contributed by atoms with Gasteiger partial charge in [0.2, 0.25) is 5.91 Å². The maximum Gasteiger partial charge on any atom is 0.227 e. The zero-order chi connectivity index (χ0) is 13.1. The fourth-order valence-corrected chi connectivity index (χ4v) is 2.16. The van der Waals surface area contributed by atoms with Crippen LogP contribution in [-0.2, 0) is 4.79 Å². The highest BCUT2D eigenvalue weighted by molar-refractivity contribution is 6.34. The standard InChI is InChI=1S/C9H8Cl2N6O/c10-7-2-6(9(11)15-14-7)17-4-5(1-8(17)18)3-13-16-12/h2,5H,1,3-4H2. The highest BCUT2D eigenvalue weighted by Crippen LogP contribution is 2.31. The molecule has 0 bridgehead atoms. The number of amides is 1. The zero-order valence-electron chi connectivity index (χ0n) is 9.12. The number of anilines is 1. The number of azide groups is 1. The highest BCUT2D eigenvalue weighted by Gasteiger charge is 2.31. The quantitative estimate of drug-likeness (QED) is 0.485. The molecule has 94 valence electrons. The third-order valence-electron chi connectivity index (χ3n) is 2.60. The molecule has 0 aromatic carbocycles. The van der Waals surface area contributed by atoms with Crippen LogP contribution < -0.4 is 4.90 Å². The predicted octanol–water partition coefficient (Wildman–Crippen LogP) is 2.45. The molecule has 0 saturated carbocycles. The van der Waals surface area contributed by atoms with Gasteiger partial charge in [0.1, 0.15) is 0 Å². The summed E-state index contributed by atoms with van der Waals surface area (Å²) in [6, 6.07) is 1.49. The molecular formula is C9H8Cl2N6O. The van der Waals surface area contributed by atoms with Gasteiger partial charge in [0.05, 0.1) is 5.69 Å². The first-order valence-electron chi connectivity index (χ1n) is 5.11. The third-order valence-corrected chi connectivity index (χ3v) is 3.05. The van der Waals surface area contributed by atoms with E-state index < -0.39 is 0 Å². The van der Waals surface area contributed by atoms with Crippen molar-refractivity contribution in [3.63, 3.8) is 0 Å². The molecule has 1 fully saturated rings. The number of carbonyl (C=O) groups excluding carboxylic acids is 1. The Morgan fingerprint density at radius 1 is 1.56 bits per heavy atom. The second-order valence-electron chi connectivity index (χ2n) is 3.83. The lowest BCUT2D eigenvalue weighted by Crippen LogP contribution is -2.25. The Hall–Kier alpha value is -1.56. The molecule has 0 radical (unpaired) electrons. The number of nitrogens with zero attached hydrogens (tertiary/aromatic N) is 6. The minimum atomic E-state index is -0.0980. The van der Waals surface area contributed by atoms with Crippen LogP contribution in [0.15, 0.2) is 11.2 Å². The highest BCUT2D eigenvalue weighted by atomic mass is 35.5. The lowest BCUT2D eigenvalue weighted by Gasteiger charge is -2.16.